The summed E-state index contributed by atoms with van der Waals surface area (Å²) in [5.41, 5.74) is 3.39. The normalized spacial score (nSPS) is 15.5. The van der Waals surface area contributed by atoms with Crippen molar-refractivity contribution in [1.29, 1.82) is 0 Å². The molecule has 2 aromatic carbocycles. The van der Waals surface area contributed by atoms with E-state index in [4.69, 9.17) is 4.74 Å². The van der Waals surface area contributed by atoms with Crippen molar-refractivity contribution in [3.8, 4) is 0 Å². The molecular weight excluding hydrogens is 416 g/mol. The van der Waals surface area contributed by atoms with Gasteiger partial charge in [-0.1, -0.05) is 35.9 Å². The third-order valence-corrected chi connectivity index (χ3v) is 7.50. The van der Waals surface area contributed by atoms with Gasteiger partial charge in [-0.25, -0.2) is 17.5 Å². The van der Waals surface area contributed by atoms with Crippen LogP contribution in [0.4, 0.5) is 5.69 Å². The van der Waals surface area contributed by atoms with Crippen molar-refractivity contribution in [3.05, 3.63) is 64.7 Å². The number of carbonyl (C=O) groups is 2. The van der Waals surface area contributed by atoms with E-state index in [9.17, 15) is 18.0 Å². The Balaban J connectivity index is 1.61. The smallest absolute Gasteiger partial charge is 0.338 e. The molecular formula is C23H28N2O5S. The minimum Gasteiger partial charge on any atom is -0.465 e. The molecule has 0 spiro atoms. The number of esters is 1. The predicted octanol–water partition coefficient (Wildman–Crippen LogP) is 3.27. The Hall–Kier alpha value is -2.71. The highest BCUT2D eigenvalue weighted by molar-refractivity contribution is 7.88. The second-order valence-electron chi connectivity index (χ2n) is 7.88. The Morgan fingerprint density at radius 3 is 2.42 bits per heavy atom. The van der Waals surface area contributed by atoms with Crippen LogP contribution in [0, 0.1) is 19.8 Å². The minimum absolute atomic E-state index is 0.0366. The van der Waals surface area contributed by atoms with Gasteiger partial charge in [0.2, 0.25) is 15.9 Å². The number of nitrogens with zero attached hydrogens (tertiary/aromatic N) is 1. The molecule has 0 unspecified atom stereocenters. The molecule has 0 bridgehead atoms. The molecule has 2 aromatic rings. The Bertz CT molecular complexity index is 1070. The van der Waals surface area contributed by atoms with E-state index in [1.165, 1.54) is 11.4 Å². The molecule has 8 heteroatoms. The van der Waals surface area contributed by atoms with Crippen molar-refractivity contribution < 1.29 is 22.7 Å². The lowest BCUT2D eigenvalue weighted by Crippen LogP contribution is -2.42. The van der Waals surface area contributed by atoms with Crippen LogP contribution in [-0.4, -0.2) is 44.8 Å². The van der Waals surface area contributed by atoms with Gasteiger partial charge in [0, 0.05) is 24.7 Å². The molecule has 3 rings (SSSR count). The Morgan fingerprint density at radius 2 is 1.77 bits per heavy atom. The number of sulfonamides is 1. The average molecular weight is 445 g/mol. The molecule has 0 saturated carbocycles. The number of rotatable bonds is 6. The first-order valence-electron chi connectivity index (χ1n) is 10.2. The fraction of sp³-hybridized carbons (Fsp3) is 0.391. The summed E-state index contributed by atoms with van der Waals surface area (Å²) in [4.78, 5) is 24.6. The van der Waals surface area contributed by atoms with Crippen LogP contribution in [0.1, 0.15) is 39.9 Å². The molecule has 1 aliphatic heterocycles. The number of amides is 1. The zero-order chi connectivity index (χ0) is 22.6. The van der Waals surface area contributed by atoms with Crippen molar-refractivity contribution in [2.45, 2.75) is 32.4 Å². The van der Waals surface area contributed by atoms with Gasteiger partial charge in [-0.3, -0.25) is 4.79 Å². The fourth-order valence-electron chi connectivity index (χ4n) is 3.84. The summed E-state index contributed by atoms with van der Waals surface area (Å²) in [7, 11) is -2.12. The van der Waals surface area contributed by atoms with E-state index in [-0.39, 0.29) is 17.6 Å². The number of methoxy groups -OCH3 is 1. The molecule has 1 fully saturated rings. The highest BCUT2D eigenvalue weighted by Crippen LogP contribution is 2.25. The van der Waals surface area contributed by atoms with Crippen molar-refractivity contribution in [2.75, 3.05) is 25.5 Å². The number of carbonyl (C=O) groups excluding carboxylic acids is 2. The maximum atomic E-state index is 12.8. The molecule has 0 atom stereocenters. The van der Waals surface area contributed by atoms with Gasteiger partial charge in [0.1, 0.15) is 0 Å². The van der Waals surface area contributed by atoms with Gasteiger partial charge in [0.25, 0.3) is 0 Å². The number of aryl methyl sites for hydroxylation is 1. The quantitative estimate of drug-likeness (QED) is 0.691. The predicted molar refractivity (Wildman–Crippen MR) is 119 cm³/mol. The van der Waals surface area contributed by atoms with E-state index in [2.05, 4.69) is 5.32 Å². The highest BCUT2D eigenvalue weighted by Gasteiger charge is 2.31. The summed E-state index contributed by atoms with van der Waals surface area (Å²) in [6.07, 6.45) is 0.906. The van der Waals surface area contributed by atoms with Crippen LogP contribution in [0.3, 0.4) is 0 Å². The lowest BCUT2D eigenvalue weighted by atomic mass is 9.96. The zero-order valence-electron chi connectivity index (χ0n) is 18.1. The molecule has 1 aliphatic rings. The summed E-state index contributed by atoms with van der Waals surface area (Å²) in [6, 6.07) is 12.6. The van der Waals surface area contributed by atoms with Crippen LogP contribution < -0.4 is 5.32 Å². The summed E-state index contributed by atoms with van der Waals surface area (Å²) >= 11 is 0. The molecule has 1 heterocycles. The summed E-state index contributed by atoms with van der Waals surface area (Å²) in [5.74, 6) is -0.946. The van der Waals surface area contributed by atoms with E-state index in [0.29, 0.717) is 42.7 Å². The summed E-state index contributed by atoms with van der Waals surface area (Å²) in [5, 5.41) is 2.88. The van der Waals surface area contributed by atoms with Gasteiger partial charge < -0.3 is 10.1 Å². The van der Waals surface area contributed by atoms with E-state index < -0.39 is 16.0 Å². The standard InChI is InChI=1S/C23H28N2O5S/c1-16-6-4-7-18(14-16)15-31(28,29)25-12-10-19(11-13-25)22(26)24-21-9-5-8-20(17(21)2)23(27)30-3/h4-9,14,19H,10-13,15H2,1-3H3,(H,24,26). The van der Waals surface area contributed by atoms with Crippen LogP contribution in [0.2, 0.25) is 0 Å². The van der Waals surface area contributed by atoms with Gasteiger partial charge >= 0.3 is 5.97 Å². The Labute approximate surface area is 183 Å². The molecule has 166 valence electrons. The second-order valence-corrected chi connectivity index (χ2v) is 9.85. The average Bonchev–Trinajstić information content (AvgIpc) is 2.74. The zero-order valence-corrected chi connectivity index (χ0v) is 18.9. The first-order chi connectivity index (χ1) is 14.7. The lowest BCUT2D eigenvalue weighted by Gasteiger charge is -2.30. The van der Waals surface area contributed by atoms with E-state index in [1.54, 1.807) is 25.1 Å². The third-order valence-electron chi connectivity index (χ3n) is 5.65. The molecule has 1 N–H and O–H groups in total. The van der Waals surface area contributed by atoms with E-state index in [1.807, 2.05) is 31.2 Å². The van der Waals surface area contributed by atoms with Crippen LogP contribution in [0.25, 0.3) is 0 Å². The van der Waals surface area contributed by atoms with E-state index >= 15 is 0 Å². The third kappa shape index (κ3) is 5.51. The molecule has 0 aliphatic carbocycles. The Kier molecular flexibility index (Phi) is 7.12. The van der Waals surface area contributed by atoms with Crippen molar-refractivity contribution >= 4 is 27.6 Å². The van der Waals surface area contributed by atoms with Gasteiger partial charge in [-0.15, -0.1) is 0 Å². The molecule has 31 heavy (non-hydrogen) atoms. The number of hydrogen-bond donors (Lipinski definition) is 1. The number of benzene rings is 2. The first kappa shape index (κ1) is 23.0. The van der Waals surface area contributed by atoms with E-state index in [0.717, 1.165) is 11.1 Å². The highest BCUT2D eigenvalue weighted by atomic mass is 32.2. The topological polar surface area (TPSA) is 92.8 Å². The molecule has 0 radical (unpaired) electrons. The van der Waals surface area contributed by atoms with Gasteiger partial charge in [-0.05, 0) is 49.9 Å². The maximum absolute atomic E-state index is 12.8. The van der Waals surface area contributed by atoms with Crippen molar-refractivity contribution in [2.24, 2.45) is 5.92 Å². The second kappa shape index (κ2) is 9.62. The SMILES string of the molecule is COC(=O)c1cccc(NC(=O)C2CCN(S(=O)(=O)Cc3cccc(C)c3)CC2)c1C. The van der Waals surface area contributed by atoms with Gasteiger partial charge in [0.15, 0.2) is 0 Å². The van der Waals surface area contributed by atoms with Gasteiger partial charge in [0.05, 0.1) is 18.4 Å². The largest absolute Gasteiger partial charge is 0.465 e. The molecule has 7 nitrogen and oxygen atoms in total. The number of anilines is 1. The fourth-order valence-corrected chi connectivity index (χ4v) is 5.39. The van der Waals surface area contributed by atoms with Gasteiger partial charge in [-0.2, -0.15) is 0 Å². The Morgan fingerprint density at radius 1 is 1.10 bits per heavy atom. The number of ether oxygens (including phenoxy) is 1. The molecule has 1 amide bonds. The lowest BCUT2D eigenvalue weighted by molar-refractivity contribution is -0.120. The number of hydrogen-bond acceptors (Lipinski definition) is 5. The van der Waals surface area contributed by atoms with Crippen molar-refractivity contribution in [3.63, 3.8) is 0 Å². The number of piperidine rings is 1. The van der Waals surface area contributed by atoms with Crippen LogP contribution in [-0.2, 0) is 25.3 Å². The van der Waals surface area contributed by atoms with Crippen LogP contribution >= 0.6 is 0 Å². The summed E-state index contributed by atoms with van der Waals surface area (Å²) in [6.45, 7) is 4.31. The van der Waals surface area contributed by atoms with Crippen molar-refractivity contribution in [1.82, 2.24) is 4.31 Å². The minimum atomic E-state index is -3.44. The molecule has 0 aromatic heterocycles. The van der Waals surface area contributed by atoms with Crippen LogP contribution in [0.15, 0.2) is 42.5 Å². The first-order valence-corrected chi connectivity index (χ1v) is 11.8. The monoisotopic (exact) mass is 444 g/mol. The van der Waals surface area contributed by atoms with Crippen LogP contribution in [0.5, 0.6) is 0 Å². The maximum Gasteiger partial charge on any atom is 0.338 e. The summed E-state index contributed by atoms with van der Waals surface area (Å²) < 4.78 is 31.8. The molecule has 1 saturated heterocycles. The number of nitrogens with one attached hydrogen (secondary N) is 1.